The van der Waals surface area contributed by atoms with E-state index in [9.17, 15) is 0 Å². The first kappa shape index (κ1) is 10.4. The molecular weight excluding hydrogens is 172 g/mol. The second-order valence-corrected chi connectivity index (χ2v) is 5.49. The summed E-state index contributed by atoms with van der Waals surface area (Å²) >= 11 is 0. The number of hydrogen-bond donors (Lipinski definition) is 1. The van der Waals surface area contributed by atoms with Gasteiger partial charge in [-0.3, -0.25) is 0 Å². The molecule has 2 fully saturated rings. The van der Waals surface area contributed by atoms with E-state index in [1.54, 1.807) is 0 Å². The molecule has 0 bridgehead atoms. The van der Waals surface area contributed by atoms with E-state index in [0.717, 1.165) is 0 Å². The number of likely N-dealkylation sites (tertiary alicyclic amines) is 1. The van der Waals surface area contributed by atoms with Gasteiger partial charge in [-0.1, -0.05) is 6.42 Å². The number of piperidine rings is 1. The van der Waals surface area contributed by atoms with Crippen LogP contribution in [0.25, 0.3) is 0 Å². The van der Waals surface area contributed by atoms with Crippen molar-refractivity contribution in [2.75, 3.05) is 13.1 Å². The summed E-state index contributed by atoms with van der Waals surface area (Å²) in [7, 11) is 0. The highest BCUT2D eigenvalue weighted by molar-refractivity contribution is 4.98. The largest absolute Gasteiger partial charge is 0.327 e. The molecule has 14 heavy (non-hydrogen) atoms. The Morgan fingerprint density at radius 3 is 2.29 bits per heavy atom. The zero-order valence-electron chi connectivity index (χ0n) is 9.63. The summed E-state index contributed by atoms with van der Waals surface area (Å²) in [4.78, 5) is 2.59. The van der Waals surface area contributed by atoms with Gasteiger partial charge in [0.2, 0.25) is 0 Å². The van der Waals surface area contributed by atoms with Crippen LogP contribution < -0.4 is 5.73 Å². The Kier molecular flexibility index (Phi) is 2.85. The maximum atomic E-state index is 6.25. The van der Waals surface area contributed by atoms with E-state index in [2.05, 4.69) is 18.7 Å². The fraction of sp³-hybridized carbons (Fsp3) is 1.00. The molecule has 2 N–H and O–H groups in total. The van der Waals surface area contributed by atoms with E-state index >= 15 is 0 Å². The Hall–Kier alpha value is -0.0800. The van der Waals surface area contributed by atoms with Gasteiger partial charge < -0.3 is 10.6 Å². The molecule has 1 saturated carbocycles. The highest BCUT2D eigenvalue weighted by atomic mass is 15.2. The predicted molar refractivity (Wildman–Crippen MR) is 60.2 cm³/mol. The third kappa shape index (κ3) is 1.70. The molecule has 0 aromatic carbocycles. The van der Waals surface area contributed by atoms with Crippen LogP contribution in [0.4, 0.5) is 0 Å². The van der Waals surface area contributed by atoms with Crippen LogP contribution in [0.1, 0.15) is 46.0 Å². The molecule has 1 aliphatic heterocycles. The van der Waals surface area contributed by atoms with Gasteiger partial charge in [0, 0.05) is 12.1 Å². The molecular formula is C12H24N2. The Labute approximate surface area is 87.8 Å². The average molecular weight is 196 g/mol. The molecule has 0 aromatic heterocycles. The van der Waals surface area contributed by atoms with Crippen LogP contribution >= 0.6 is 0 Å². The van der Waals surface area contributed by atoms with Gasteiger partial charge in [-0.2, -0.15) is 0 Å². The first-order valence-corrected chi connectivity index (χ1v) is 6.14. The molecule has 2 heteroatoms. The van der Waals surface area contributed by atoms with E-state index in [1.807, 2.05) is 0 Å². The van der Waals surface area contributed by atoms with E-state index in [1.165, 1.54) is 45.2 Å². The van der Waals surface area contributed by atoms with Crippen molar-refractivity contribution < 1.29 is 0 Å². The van der Waals surface area contributed by atoms with E-state index in [-0.39, 0.29) is 0 Å². The van der Waals surface area contributed by atoms with E-state index < -0.39 is 0 Å². The molecule has 1 atom stereocenters. The van der Waals surface area contributed by atoms with Crippen LogP contribution in [-0.4, -0.2) is 30.1 Å². The lowest BCUT2D eigenvalue weighted by atomic mass is 9.74. The normalized spacial score (nSPS) is 33.0. The van der Waals surface area contributed by atoms with Gasteiger partial charge in [0.15, 0.2) is 0 Å². The first-order chi connectivity index (χ1) is 6.64. The predicted octanol–water partition coefficient (Wildman–Crippen LogP) is 1.99. The van der Waals surface area contributed by atoms with Gasteiger partial charge in [-0.25, -0.2) is 0 Å². The quantitative estimate of drug-likeness (QED) is 0.695. The van der Waals surface area contributed by atoms with Crippen molar-refractivity contribution in [1.29, 1.82) is 0 Å². The van der Waals surface area contributed by atoms with Crippen LogP contribution in [0, 0.1) is 5.41 Å². The maximum Gasteiger partial charge on any atom is 0.00965 e. The van der Waals surface area contributed by atoms with Crippen molar-refractivity contribution in [2.45, 2.75) is 58.0 Å². The van der Waals surface area contributed by atoms with Crippen LogP contribution in [-0.2, 0) is 0 Å². The fourth-order valence-electron chi connectivity index (χ4n) is 3.27. The second kappa shape index (κ2) is 3.82. The van der Waals surface area contributed by atoms with Gasteiger partial charge in [-0.15, -0.1) is 0 Å². The molecule has 0 aromatic rings. The highest BCUT2D eigenvalue weighted by Gasteiger charge is 2.42. The molecule has 0 radical (unpaired) electrons. The smallest absolute Gasteiger partial charge is 0.00965 e. The topological polar surface area (TPSA) is 29.3 Å². The lowest BCUT2D eigenvalue weighted by Crippen LogP contribution is -2.48. The van der Waals surface area contributed by atoms with Crippen LogP contribution in [0.3, 0.4) is 0 Å². The zero-order chi connectivity index (χ0) is 10.2. The third-order valence-electron chi connectivity index (χ3n) is 4.50. The monoisotopic (exact) mass is 196 g/mol. The minimum absolute atomic E-state index is 0.497. The third-order valence-corrected chi connectivity index (χ3v) is 4.50. The van der Waals surface area contributed by atoms with Crippen molar-refractivity contribution in [3.63, 3.8) is 0 Å². The summed E-state index contributed by atoms with van der Waals surface area (Å²) in [6.45, 7) is 7.13. The van der Waals surface area contributed by atoms with Crippen molar-refractivity contribution in [2.24, 2.45) is 11.1 Å². The standard InChI is InChI=1S/C12H24N2/c1-10(2)14-8-6-12(7-9-14)5-3-4-11(12)13/h10-11H,3-9,13H2,1-2H3/t11-/m0/s1. The molecule has 2 aliphatic rings. The van der Waals surface area contributed by atoms with Gasteiger partial charge in [-0.05, 0) is 58.0 Å². The molecule has 0 amide bonds. The average Bonchev–Trinajstić information content (AvgIpc) is 2.49. The number of rotatable bonds is 1. The second-order valence-electron chi connectivity index (χ2n) is 5.49. The summed E-state index contributed by atoms with van der Waals surface area (Å²) in [5.74, 6) is 0. The lowest BCUT2D eigenvalue weighted by molar-refractivity contribution is 0.0759. The summed E-state index contributed by atoms with van der Waals surface area (Å²) in [5, 5.41) is 0. The Morgan fingerprint density at radius 1 is 1.21 bits per heavy atom. The molecule has 2 nitrogen and oxygen atoms in total. The molecule has 1 aliphatic carbocycles. The maximum absolute atomic E-state index is 6.25. The summed E-state index contributed by atoms with van der Waals surface area (Å²) in [6, 6.07) is 1.21. The molecule has 0 unspecified atom stereocenters. The molecule has 1 heterocycles. The highest BCUT2D eigenvalue weighted by Crippen LogP contribution is 2.45. The Balaban J connectivity index is 1.94. The minimum atomic E-state index is 0.497. The Bertz CT molecular complexity index is 192. The van der Waals surface area contributed by atoms with Gasteiger partial charge >= 0.3 is 0 Å². The summed E-state index contributed by atoms with van der Waals surface area (Å²) < 4.78 is 0. The van der Waals surface area contributed by atoms with Crippen LogP contribution in [0.15, 0.2) is 0 Å². The van der Waals surface area contributed by atoms with Crippen molar-refractivity contribution in [1.82, 2.24) is 4.90 Å². The van der Waals surface area contributed by atoms with Gasteiger partial charge in [0.25, 0.3) is 0 Å². The van der Waals surface area contributed by atoms with Crippen LogP contribution in [0.5, 0.6) is 0 Å². The fourth-order valence-corrected chi connectivity index (χ4v) is 3.27. The molecule has 1 spiro atoms. The van der Waals surface area contributed by atoms with Crippen molar-refractivity contribution in [3.8, 4) is 0 Å². The summed E-state index contributed by atoms with van der Waals surface area (Å²) in [6.07, 6.45) is 6.70. The van der Waals surface area contributed by atoms with Gasteiger partial charge in [0.1, 0.15) is 0 Å². The number of nitrogens with two attached hydrogens (primary N) is 1. The van der Waals surface area contributed by atoms with Crippen molar-refractivity contribution in [3.05, 3.63) is 0 Å². The van der Waals surface area contributed by atoms with Crippen molar-refractivity contribution >= 4 is 0 Å². The molecule has 1 saturated heterocycles. The van der Waals surface area contributed by atoms with E-state index in [0.29, 0.717) is 17.5 Å². The number of nitrogens with zero attached hydrogens (tertiary/aromatic N) is 1. The van der Waals surface area contributed by atoms with Crippen LogP contribution in [0.2, 0.25) is 0 Å². The first-order valence-electron chi connectivity index (χ1n) is 6.14. The minimum Gasteiger partial charge on any atom is -0.327 e. The Morgan fingerprint density at radius 2 is 1.86 bits per heavy atom. The van der Waals surface area contributed by atoms with Gasteiger partial charge in [0.05, 0.1) is 0 Å². The van der Waals surface area contributed by atoms with E-state index in [4.69, 9.17) is 5.73 Å². The summed E-state index contributed by atoms with van der Waals surface area (Å²) in [5.41, 5.74) is 6.78. The SMILES string of the molecule is CC(C)N1CCC2(CCC[C@@H]2N)CC1. The molecule has 82 valence electrons. The lowest BCUT2D eigenvalue weighted by Gasteiger charge is -2.43. The molecule has 2 rings (SSSR count). The number of hydrogen-bond acceptors (Lipinski definition) is 2. The zero-order valence-corrected chi connectivity index (χ0v) is 9.63.